The van der Waals surface area contributed by atoms with Gasteiger partial charge in [-0.1, -0.05) is 0 Å². The lowest BCUT2D eigenvalue weighted by atomic mass is 10.1. The fourth-order valence-corrected chi connectivity index (χ4v) is 1.37. The lowest BCUT2D eigenvalue weighted by molar-refractivity contribution is 0.464. The van der Waals surface area contributed by atoms with Gasteiger partial charge in [0.1, 0.15) is 11.6 Å². The number of aromatic hydroxyl groups is 1. The quantitative estimate of drug-likeness (QED) is 0.858. The maximum atomic E-state index is 13.0. The minimum Gasteiger partial charge on any atom is -0.508 e. The third kappa shape index (κ3) is 2.67. The Kier molecular flexibility index (Phi) is 3.69. The van der Waals surface area contributed by atoms with Crippen LogP contribution in [0.25, 0.3) is 0 Å². The van der Waals surface area contributed by atoms with E-state index in [1.807, 2.05) is 7.05 Å². The van der Waals surface area contributed by atoms with Crippen molar-refractivity contribution < 1.29 is 9.50 Å². The van der Waals surface area contributed by atoms with Gasteiger partial charge in [0.2, 0.25) is 0 Å². The van der Waals surface area contributed by atoms with Gasteiger partial charge in [-0.25, -0.2) is 4.39 Å². The van der Waals surface area contributed by atoms with Crippen LogP contribution in [0.5, 0.6) is 5.75 Å². The predicted molar refractivity (Wildman–Crippen MR) is 53.4 cm³/mol. The zero-order valence-corrected chi connectivity index (χ0v) is 8.86. The van der Waals surface area contributed by atoms with E-state index in [1.54, 1.807) is 0 Å². The normalized spacial score (nSPS) is 10.4. The third-order valence-corrected chi connectivity index (χ3v) is 2.37. The van der Waals surface area contributed by atoms with Gasteiger partial charge in [0.05, 0.1) is 4.47 Å². The molecule has 0 atom stereocenters. The SMILES string of the molecule is CNCCc1cc(F)c(Br)cc1O. The Morgan fingerprint density at radius 3 is 2.85 bits per heavy atom. The zero-order valence-electron chi connectivity index (χ0n) is 7.27. The molecular formula is C9H11BrFNO. The van der Waals surface area contributed by atoms with Gasteiger partial charge in [-0.15, -0.1) is 0 Å². The Hall–Kier alpha value is -0.610. The molecule has 1 aromatic rings. The van der Waals surface area contributed by atoms with Gasteiger partial charge in [0, 0.05) is 0 Å². The zero-order chi connectivity index (χ0) is 9.84. The number of phenols is 1. The largest absolute Gasteiger partial charge is 0.508 e. The van der Waals surface area contributed by atoms with E-state index in [0.29, 0.717) is 23.0 Å². The minimum absolute atomic E-state index is 0.128. The fourth-order valence-electron chi connectivity index (χ4n) is 1.04. The van der Waals surface area contributed by atoms with Crippen LogP contribution < -0.4 is 5.32 Å². The van der Waals surface area contributed by atoms with Crippen LogP contribution in [0.4, 0.5) is 4.39 Å². The molecule has 0 aliphatic rings. The Labute approximate surface area is 84.9 Å². The summed E-state index contributed by atoms with van der Waals surface area (Å²) in [6.45, 7) is 0.717. The van der Waals surface area contributed by atoms with Crippen LogP contribution in [-0.2, 0) is 6.42 Å². The number of phenolic OH excluding ortho intramolecular Hbond substituents is 1. The van der Waals surface area contributed by atoms with Crippen molar-refractivity contribution >= 4 is 15.9 Å². The predicted octanol–water partition coefficient (Wildman–Crippen LogP) is 2.06. The Morgan fingerprint density at radius 1 is 1.54 bits per heavy atom. The van der Waals surface area contributed by atoms with Gasteiger partial charge in [-0.05, 0) is 53.6 Å². The van der Waals surface area contributed by atoms with E-state index in [2.05, 4.69) is 21.2 Å². The van der Waals surface area contributed by atoms with Gasteiger partial charge in [0.25, 0.3) is 0 Å². The highest BCUT2D eigenvalue weighted by Crippen LogP contribution is 2.25. The van der Waals surface area contributed by atoms with E-state index in [1.165, 1.54) is 12.1 Å². The highest BCUT2D eigenvalue weighted by atomic mass is 79.9. The summed E-state index contributed by atoms with van der Waals surface area (Å²) in [5.74, 6) is -0.215. The molecule has 0 radical (unpaired) electrons. The molecule has 0 aliphatic carbocycles. The molecule has 13 heavy (non-hydrogen) atoms. The van der Waals surface area contributed by atoms with E-state index in [4.69, 9.17) is 0 Å². The van der Waals surface area contributed by atoms with Crippen LogP contribution in [0.15, 0.2) is 16.6 Å². The number of likely N-dealkylation sites (N-methyl/N-ethyl adjacent to an activating group) is 1. The summed E-state index contributed by atoms with van der Waals surface area (Å²) >= 11 is 3.00. The van der Waals surface area contributed by atoms with Crippen LogP contribution in [0.2, 0.25) is 0 Å². The molecule has 1 rings (SSSR count). The summed E-state index contributed by atoms with van der Waals surface area (Å²) in [7, 11) is 1.81. The molecule has 4 heteroatoms. The van der Waals surface area contributed by atoms with E-state index in [9.17, 15) is 9.50 Å². The molecule has 0 amide bonds. The summed E-state index contributed by atoms with van der Waals surface area (Å²) < 4.78 is 13.3. The third-order valence-electron chi connectivity index (χ3n) is 1.77. The van der Waals surface area contributed by atoms with Crippen LogP contribution in [0, 0.1) is 5.82 Å². The van der Waals surface area contributed by atoms with Crippen LogP contribution in [-0.4, -0.2) is 18.7 Å². The van der Waals surface area contributed by atoms with Crippen LogP contribution in [0.1, 0.15) is 5.56 Å². The van der Waals surface area contributed by atoms with Gasteiger partial charge >= 0.3 is 0 Å². The number of hydrogen-bond acceptors (Lipinski definition) is 2. The number of rotatable bonds is 3. The summed E-state index contributed by atoms with van der Waals surface area (Å²) in [5.41, 5.74) is 0.620. The molecular weight excluding hydrogens is 237 g/mol. The molecule has 0 saturated heterocycles. The molecule has 0 unspecified atom stereocenters. The fraction of sp³-hybridized carbons (Fsp3) is 0.333. The molecule has 0 saturated carbocycles. The number of benzene rings is 1. The minimum atomic E-state index is -0.344. The van der Waals surface area contributed by atoms with Gasteiger partial charge < -0.3 is 10.4 Å². The average Bonchev–Trinajstić information content (AvgIpc) is 2.09. The van der Waals surface area contributed by atoms with E-state index in [0.717, 1.165) is 0 Å². The molecule has 0 spiro atoms. The molecule has 0 aromatic heterocycles. The second-order valence-corrected chi connectivity index (χ2v) is 3.60. The number of nitrogens with one attached hydrogen (secondary N) is 1. The molecule has 0 bridgehead atoms. The number of halogens is 2. The Balaban J connectivity index is 2.88. The lowest BCUT2D eigenvalue weighted by Crippen LogP contribution is -2.10. The summed E-state index contributed by atoms with van der Waals surface area (Å²) in [5, 5.41) is 12.4. The lowest BCUT2D eigenvalue weighted by Gasteiger charge is -2.05. The van der Waals surface area contributed by atoms with Gasteiger partial charge in [-0.2, -0.15) is 0 Å². The van der Waals surface area contributed by atoms with E-state index < -0.39 is 0 Å². The second kappa shape index (κ2) is 4.58. The van der Waals surface area contributed by atoms with Gasteiger partial charge in [0.15, 0.2) is 0 Å². The van der Waals surface area contributed by atoms with E-state index >= 15 is 0 Å². The molecule has 0 heterocycles. The summed E-state index contributed by atoms with van der Waals surface area (Å²) in [6, 6.07) is 2.72. The topological polar surface area (TPSA) is 32.3 Å². The summed E-state index contributed by atoms with van der Waals surface area (Å²) in [4.78, 5) is 0. The van der Waals surface area contributed by atoms with Crippen molar-refractivity contribution in [2.75, 3.05) is 13.6 Å². The molecule has 2 nitrogen and oxygen atoms in total. The molecule has 2 N–H and O–H groups in total. The van der Waals surface area contributed by atoms with Crippen molar-refractivity contribution in [2.24, 2.45) is 0 Å². The van der Waals surface area contributed by atoms with Crippen molar-refractivity contribution in [3.05, 3.63) is 28.0 Å². The van der Waals surface area contributed by atoms with Crippen molar-refractivity contribution in [2.45, 2.75) is 6.42 Å². The molecule has 0 aliphatic heterocycles. The highest BCUT2D eigenvalue weighted by Gasteiger charge is 2.06. The Bertz CT molecular complexity index is 304. The Morgan fingerprint density at radius 2 is 2.23 bits per heavy atom. The average molecular weight is 248 g/mol. The smallest absolute Gasteiger partial charge is 0.137 e. The van der Waals surface area contributed by atoms with E-state index in [-0.39, 0.29) is 11.6 Å². The first-order chi connectivity index (χ1) is 6.15. The molecule has 72 valence electrons. The number of hydrogen-bond donors (Lipinski definition) is 2. The maximum Gasteiger partial charge on any atom is 0.137 e. The summed E-state index contributed by atoms with van der Waals surface area (Å²) in [6.07, 6.45) is 0.618. The first kappa shape index (κ1) is 10.5. The van der Waals surface area contributed by atoms with Gasteiger partial charge in [-0.3, -0.25) is 0 Å². The van der Waals surface area contributed by atoms with Crippen molar-refractivity contribution in [1.29, 1.82) is 0 Å². The monoisotopic (exact) mass is 247 g/mol. The van der Waals surface area contributed by atoms with Crippen molar-refractivity contribution in [3.8, 4) is 5.75 Å². The highest BCUT2D eigenvalue weighted by molar-refractivity contribution is 9.10. The molecule has 1 aromatic carbocycles. The second-order valence-electron chi connectivity index (χ2n) is 2.75. The maximum absolute atomic E-state index is 13.0. The molecule has 0 fully saturated rings. The standard InChI is InChI=1S/C9H11BrFNO/c1-12-3-2-6-4-8(11)7(10)5-9(6)13/h4-5,12-13H,2-3H2,1H3. The first-order valence-corrected chi connectivity index (χ1v) is 4.76. The van der Waals surface area contributed by atoms with Crippen LogP contribution in [0.3, 0.4) is 0 Å². The van der Waals surface area contributed by atoms with Crippen molar-refractivity contribution in [3.63, 3.8) is 0 Å². The van der Waals surface area contributed by atoms with Crippen LogP contribution >= 0.6 is 15.9 Å². The first-order valence-electron chi connectivity index (χ1n) is 3.96. The van der Waals surface area contributed by atoms with Crippen molar-refractivity contribution in [1.82, 2.24) is 5.32 Å².